The van der Waals surface area contributed by atoms with E-state index in [0.29, 0.717) is 5.92 Å². The average Bonchev–Trinajstić information content (AvgIpc) is 2.47. The van der Waals surface area contributed by atoms with E-state index in [1.807, 2.05) is 11.3 Å². The van der Waals surface area contributed by atoms with Gasteiger partial charge in [0.25, 0.3) is 0 Å². The van der Waals surface area contributed by atoms with Gasteiger partial charge in [-0.3, -0.25) is 0 Å². The van der Waals surface area contributed by atoms with Crippen molar-refractivity contribution in [2.75, 3.05) is 5.88 Å². The third kappa shape index (κ3) is 3.08. The lowest BCUT2D eigenvalue weighted by atomic mass is 10.1. The Balaban J connectivity index is 2.38. The van der Waals surface area contributed by atoms with Gasteiger partial charge in [0.15, 0.2) is 0 Å². The summed E-state index contributed by atoms with van der Waals surface area (Å²) in [5.41, 5.74) is 0. The number of halogens is 2. The van der Waals surface area contributed by atoms with Gasteiger partial charge in [0.05, 0.1) is 0 Å². The highest BCUT2D eigenvalue weighted by atomic mass is 79.9. The lowest BCUT2D eigenvalue weighted by molar-refractivity contribution is 0.595. The van der Waals surface area contributed by atoms with E-state index >= 15 is 0 Å². The minimum atomic E-state index is 0.626. The van der Waals surface area contributed by atoms with Crippen molar-refractivity contribution in [3.05, 3.63) is 20.8 Å². The first-order valence-electron chi connectivity index (χ1n) is 4.02. The first-order chi connectivity index (χ1) is 5.74. The monoisotopic (exact) mass is 266 g/mol. The van der Waals surface area contributed by atoms with Crippen molar-refractivity contribution in [1.82, 2.24) is 0 Å². The Hall–Kier alpha value is 0.470. The highest BCUT2D eigenvalue weighted by Gasteiger charge is 2.04. The minimum Gasteiger partial charge on any atom is -0.148 e. The molecule has 1 aromatic rings. The van der Waals surface area contributed by atoms with Gasteiger partial charge in [-0.25, -0.2) is 0 Å². The van der Waals surface area contributed by atoms with Crippen molar-refractivity contribution in [2.45, 2.75) is 19.8 Å². The number of hydrogen-bond donors (Lipinski definition) is 0. The van der Waals surface area contributed by atoms with Crippen LogP contribution in [0.4, 0.5) is 0 Å². The Morgan fingerprint density at radius 1 is 1.67 bits per heavy atom. The molecule has 1 aromatic heterocycles. The van der Waals surface area contributed by atoms with Crippen LogP contribution in [0.2, 0.25) is 0 Å². The molecule has 0 saturated carbocycles. The van der Waals surface area contributed by atoms with E-state index in [0.717, 1.165) is 12.3 Å². The first kappa shape index (κ1) is 10.6. The smallest absolute Gasteiger partial charge is 0.0314 e. The molecule has 3 heteroatoms. The van der Waals surface area contributed by atoms with Gasteiger partial charge < -0.3 is 0 Å². The van der Waals surface area contributed by atoms with Crippen LogP contribution in [0.25, 0.3) is 0 Å². The van der Waals surface area contributed by atoms with E-state index < -0.39 is 0 Å². The summed E-state index contributed by atoms with van der Waals surface area (Å²) in [7, 11) is 0. The Morgan fingerprint density at radius 3 is 2.92 bits per heavy atom. The Morgan fingerprint density at radius 2 is 2.42 bits per heavy atom. The maximum absolute atomic E-state index is 5.72. The molecular weight excluding hydrogens is 256 g/mol. The lowest BCUT2D eigenvalue weighted by Crippen LogP contribution is -1.97. The molecule has 1 rings (SSSR count). The maximum Gasteiger partial charge on any atom is 0.0314 e. The molecule has 0 amide bonds. The number of hydrogen-bond acceptors (Lipinski definition) is 1. The van der Waals surface area contributed by atoms with Crippen molar-refractivity contribution in [2.24, 2.45) is 5.92 Å². The van der Waals surface area contributed by atoms with E-state index in [1.54, 1.807) is 0 Å². The van der Waals surface area contributed by atoms with Crippen LogP contribution in [0.3, 0.4) is 0 Å². The van der Waals surface area contributed by atoms with Crippen LogP contribution in [0, 0.1) is 5.92 Å². The van der Waals surface area contributed by atoms with Crippen LogP contribution >= 0.6 is 38.9 Å². The zero-order valence-electron chi connectivity index (χ0n) is 7.02. The van der Waals surface area contributed by atoms with Crippen LogP contribution in [0.1, 0.15) is 18.2 Å². The Labute approximate surface area is 91.1 Å². The SMILES string of the molecule is CC(CCl)CCc1sccc1Br. The van der Waals surface area contributed by atoms with Crippen LogP contribution in [0.5, 0.6) is 0 Å². The fraction of sp³-hybridized carbons (Fsp3) is 0.556. The van der Waals surface area contributed by atoms with Gasteiger partial charge in [-0.05, 0) is 46.1 Å². The van der Waals surface area contributed by atoms with Crippen molar-refractivity contribution >= 4 is 38.9 Å². The molecule has 0 bridgehead atoms. The topological polar surface area (TPSA) is 0 Å². The molecule has 0 aliphatic rings. The largest absolute Gasteiger partial charge is 0.148 e. The molecule has 0 nitrogen and oxygen atoms in total. The fourth-order valence-corrected chi connectivity index (χ4v) is 2.68. The number of rotatable bonds is 4. The highest BCUT2D eigenvalue weighted by molar-refractivity contribution is 9.10. The summed E-state index contributed by atoms with van der Waals surface area (Å²) in [6.07, 6.45) is 2.33. The maximum atomic E-state index is 5.72. The second-order valence-corrected chi connectivity index (χ2v) is 5.15. The summed E-state index contributed by atoms with van der Waals surface area (Å²) < 4.78 is 1.24. The molecule has 1 atom stereocenters. The molecule has 0 aliphatic carbocycles. The molecule has 0 aliphatic heterocycles. The Kier molecular flexibility index (Phi) is 4.62. The minimum absolute atomic E-state index is 0.626. The fourth-order valence-electron chi connectivity index (χ4n) is 0.958. The third-order valence-corrected chi connectivity index (χ3v) is 4.33. The van der Waals surface area contributed by atoms with Crippen LogP contribution in [-0.4, -0.2) is 5.88 Å². The van der Waals surface area contributed by atoms with E-state index in [4.69, 9.17) is 11.6 Å². The molecule has 12 heavy (non-hydrogen) atoms. The van der Waals surface area contributed by atoms with Gasteiger partial charge in [-0.15, -0.1) is 22.9 Å². The standard InChI is InChI=1S/C9H12BrClS/c1-7(6-11)2-3-9-8(10)4-5-12-9/h4-5,7H,2-3,6H2,1H3. The molecule has 1 unspecified atom stereocenters. The molecule has 0 spiro atoms. The van der Waals surface area contributed by atoms with Gasteiger partial charge >= 0.3 is 0 Å². The summed E-state index contributed by atoms with van der Waals surface area (Å²) in [6, 6.07) is 2.10. The van der Waals surface area contributed by atoms with Gasteiger partial charge in [-0.1, -0.05) is 6.92 Å². The van der Waals surface area contributed by atoms with Crippen molar-refractivity contribution in [3.8, 4) is 0 Å². The molecule has 0 N–H and O–H groups in total. The van der Waals surface area contributed by atoms with Crippen LogP contribution in [-0.2, 0) is 6.42 Å². The zero-order chi connectivity index (χ0) is 8.97. The summed E-state index contributed by atoms with van der Waals surface area (Å²) in [5.74, 6) is 1.39. The summed E-state index contributed by atoms with van der Waals surface area (Å²) in [6.45, 7) is 2.19. The average molecular weight is 268 g/mol. The van der Waals surface area contributed by atoms with Crippen molar-refractivity contribution < 1.29 is 0 Å². The molecule has 68 valence electrons. The second kappa shape index (κ2) is 5.25. The third-order valence-electron chi connectivity index (χ3n) is 1.82. The highest BCUT2D eigenvalue weighted by Crippen LogP contribution is 2.25. The molecular formula is C9H12BrClS. The van der Waals surface area contributed by atoms with Gasteiger partial charge in [-0.2, -0.15) is 0 Å². The molecule has 0 saturated heterocycles. The van der Waals surface area contributed by atoms with E-state index in [1.165, 1.54) is 15.8 Å². The van der Waals surface area contributed by atoms with E-state index in [9.17, 15) is 0 Å². The number of aryl methyl sites for hydroxylation is 1. The molecule has 0 fully saturated rings. The van der Waals surface area contributed by atoms with E-state index in [-0.39, 0.29) is 0 Å². The van der Waals surface area contributed by atoms with Gasteiger partial charge in [0.2, 0.25) is 0 Å². The van der Waals surface area contributed by atoms with Crippen LogP contribution < -0.4 is 0 Å². The summed E-state index contributed by atoms with van der Waals surface area (Å²) in [4.78, 5) is 1.44. The van der Waals surface area contributed by atoms with Gasteiger partial charge in [0.1, 0.15) is 0 Å². The van der Waals surface area contributed by atoms with Gasteiger partial charge in [0, 0.05) is 15.2 Å². The van der Waals surface area contributed by atoms with Crippen molar-refractivity contribution in [1.29, 1.82) is 0 Å². The predicted molar refractivity (Wildman–Crippen MR) is 60.2 cm³/mol. The normalized spacial score (nSPS) is 13.2. The molecule has 1 heterocycles. The second-order valence-electron chi connectivity index (χ2n) is 2.99. The van der Waals surface area contributed by atoms with Crippen molar-refractivity contribution in [3.63, 3.8) is 0 Å². The van der Waals surface area contributed by atoms with Crippen LogP contribution in [0.15, 0.2) is 15.9 Å². The quantitative estimate of drug-likeness (QED) is 0.713. The zero-order valence-corrected chi connectivity index (χ0v) is 10.2. The summed E-state index contributed by atoms with van der Waals surface area (Å²) in [5, 5.41) is 2.12. The van der Waals surface area contributed by atoms with E-state index in [2.05, 4.69) is 34.3 Å². The molecule has 0 aromatic carbocycles. The predicted octanol–water partition coefficient (Wildman–Crippen LogP) is 4.32. The Bertz CT molecular complexity index is 234. The molecule has 0 radical (unpaired) electrons. The number of thiophene rings is 1. The first-order valence-corrected chi connectivity index (χ1v) is 6.22. The lowest BCUT2D eigenvalue weighted by Gasteiger charge is -2.05. The number of alkyl halides is 1. The summed E-state index contributed by atoms with van der Waals surface area (Å²) >= 11 is 11.1.